The first-order valence-corrected chi connectivity index (χ1v) is 5.72. The highest BCUT2D eigenvalue weighted by atomic mass is 16.3. The Morgan fingerprint density at radius 1 is 1.65 bits per heavy atom. The maximum absolute atomic E-state index is 11.1. The van der Waals surface area contributed by atoms with Gasteiger partial charge in [0.25, 0.3) is 0 Å². The normalized spacial score (nSPS) is 19.9. The van der Waals surface area contributed by atoms with Gasteiger partial charge in [0.05, 0.1) is 18.2 Å². The fraction of sp³-hybridized carbons (Fsp3) is 0.636. The van der Waals surface area contributed by atoms with Gasteiger partial charge in [-0.2, -0.15) is 5.10 Å². The fourth-order valence-corrected chi connectivity index (χ4v) is 2.46. The van der Waals surface area contributed by atoms with Gasteiger partial charge in [-0.3, -0.25) is 9.48 Å². The zero-order valence-electron chi connectivity index (χ0n) is 10.2. The average Bonchev–Trinajstić information content (AvgIpc) is 2.82. The zero-order valence-corrected chi connectivity index (χ0v) is 10.2. The van der Waals surface area contributed by atoms with Crippen molar-refractivity contribution in [2.45, 2.75) is 20.0 Å². The van der Waals surface area contributed by atoms with E-state index < -0.39 is 0 Å². The largest absolute Gasteiger partial charge is 0.391 e. The number of aromatic nitrogens is 2. The van der Waals surface area contributed by atoms with E-state index in [0.717, 1.165) is 30.0 Å². The summed E-state index contributed by atoms with van der Waals surface area (Å²) in [6.45, 7) is 3.23. The van der Waals surface area contributed by atoms with E-state index in [2.05, 4.69) is 10.00 Å². The molecule has 1 aliphatic heterocycles. The van der Waals surface area contributed by atoms with Crippen molar-refractivity contribution in [3.05, 3.63) is 11.3 Å². The molecular formula is C11H18N4O2. The molecule has 0 spiro atoms. The lowest BCUT2D eigenvalue weighted by atomic mass is 10.1. The summed E-state index contributed by atoms with van der Waals surface area (Å²) in [6.07, 6.45) is 0.768. The molecule has 2 rings (SSSR count). The summed E-state index contributed by atoms with van der Waals surface area (Å²) >= 11 is 0. The summed E-state index contributed by atoms with van der Waals surface area (Å²) in [7, 11) is 1.85. The number of primary amides is 1. The highest BCUT2D eigenvalue weighted by molar-refractivity contribution is 5.78. The number of nitrogens with zero attached hydrogens (tertiary/aromatic N) is 3. The third kappa shape index (κ3) is 2.00. The first kappa shape index (κ1) is 11.9. The number of nitrogens with two attached hydrogens (primary N) is 1. The number of carbonyl (C=O) groups is 1. The van der Waals surface area contributed by atoms with E-state index in [9.17, 15) is 9.90 Å². The molecule has 17 heavy (non-hydrogen) atoms. The van der Waals surface area contributed by atoms with Gasteiger partial charge in [0.15, 0.2) is 0 Å². The van der Waals surface area contributed by atoms with E-state index in [-0.39, 0.29) is 18.4 Å². The SMILES string of the molecule is Cc1nn(C)c(N2CCC(C(N)=O)C2)c1CO. The van der Waals surface area contributed by atoms with Crippen LogP contribution in [0.3, 0.4) is 0 Å². The molecule has 1 amide bonds. The molecule has 94 valence electrons. The van der Waals surface area contributed by atoms with Gasteiger partial charge in [-0.15, -0.1) is 0 Å². The van der Waals surface area contributed by atoms with Gasteiger partial charge in [-0.1, -0.05) is 0 Å². The first-order valence-electron chi connectivity index (χ1n) is 5.72. The molecule has 1 aliphatic rings. The maximum Gasteiger partial charge on any atom is 0.222 e. The van der Waals surface area contributed by atoms with Crippen molar-refractivity contribution in [3.8, 4) is 0 Å². The van der Waals surface area contributed by atoms with Gasteiger partial charge in [-0.05, 0) is 13.3 Å². The monoisotopic (exact) mass is 238 g/mol. The van der Waals surface area contributed by atoms with E-state index in [1.54, 1.807) is 4.68 Å². The Hall–Kier alpha value is -1.56. The molecule has 0 bridgehead atoms. The van der Waals surface area contributed by atoms with Crippen molar-refractivity contribution in [2.75, 3.05) is 18.0 Å². The molecule has 0 saturated carbocycles. The Kier molecular flexibility index (Phi) is 3.06. The summed E-state index contributed by atoms with van der Waals surface area (Å²) < 4.78 is 1.75. The van der Waals surface area contributed by atoms with Crippen LogP contribution in [-0.4, -0.2) is 33.9 Å². The Balaban J connectivity index is 2.27. The third-order valence-corrected chi connectivity index (χ3v) is 3.36. The van der Waals surface area contributed by atoms with Crippen LogP contribution in [0.4, 0.5) is 5.82 Å². The summed E-state index contributed by atoms with van der Waals surface area (Å²) in [5, 5.41) is 13.7. The molecular weight excluding hydrogens is 220 g/mol. The van der Waals surface area contributed by atoms with Crippen molar-refractivity contribution < 1.29 is 9.90 Å². The van der Waals surface area contributed by atoms with Gasteiger partial charge in [0.2, 0.25) is 5.91 Å². The minimum atomic E-state index is -0.253. The molecule has 0 aromatic carbocycles. The van der Waals surface area contributed by atoms with Crippen molar-refractivity contribution in [2.24, 2.45) is 18.7 Å². The predicted molar refractivity (Wildman–Crippen MR) is 63.4 cm³/mol. The lowest BCUT2D eigenvalue weighted by Crippen LogP contribution is -2.28. The number of anilines is 1. The third-order valence-electron chi connectivity index (χ3n) is 3.36. The van der Waals surface area contributed by atoms with E-state index in [1.165, 1.54) is 0 Å². The van der Waals surface area contributed by atoms with Crippen LogP contribution in [0.5, 0.6) is 0 Å². The topological polar surface area (TPSA) is 84.4 Å². The first-order chi connectivity index (χ1) is 8.04. The van der Waals surface area contributed by atoms with Gasteiger partial charge >= 0.3 is 0 Å². The molecule has 1 saturated heterocycles. The molecule has 2 heterocycles. The zero-order chi connectivity index (χ0) is 12.6. The summed E-state index contributed by atoms with van der Waals surface area (Å²) in [5.41, 5.74) is 6.97. The van der Waals surface area contributed by atoms with Gasteiger partial charge in [-0.25, -0.2) is 0 Å². The van der Waals surface area contributed by atoms with Gasteiger partial charge < -0.3 is 15.7 Å². The van der Waals surface area contributed by atoms with E-state index in [4.69, 9.17) is 5.73 Å². The molecule has 1 aromatic heterocycles. The molecule has 6 nitrogen and oxygen atoms in total. The van der Waals surface area contributed by atoms with Crippen LogP contribution in [0.15, 0.2) is 0 Å². The average molecular weight is 238 g/mol. The summed E-state index contributed by atoms with van der Waals surface area (Å²) in [5.74, 6) is 0.544. The highest BCUT2D eigenvalue weighted by Gasteiger charge is 2.30. The molecule has 0 aliphatic carbocycles. The second-order valence-electron chi connectivity index (χ2n) is 4.50. The molecule has 1 aromatic rings. The Morgan fingerprint density at radius 3 is 2.88 bits per heavy atom. The van der Waals surface area contributed by atoms with Gasteiger partial charge in [0.1, 0.15) is 5.82 Å². The Morgan fingerprint density at radius 2 is 2.35 bits per heavy atom. The van der Waals surface area contributed by atoms with Crippen LogP contribution in [-0.2, 0) is 18.4 Å². The summed E-state index contributed by atoms with van der Waals surface area (Å²) in [4.78, 5) is 13.2. The van der Waals surface area contributed by atoms with Crippen molar-refractivity contribution >= 4 is 11.7 Å². The molecule has 1 fully saturated rings. The standard InChI is InChI=1S/C11H18N4O2/c1-7-9(6-16)11(14(2)13-7)15-4-3-8(5-15)10(12)17/h8,16H,3-6H2,1-2H3,(H2,12,17). The lowest BCUT2D eigenvalue weighted by molar-refractivity contribution is -0.121. The lowest BCUT2D eigenvalue weighted by Gasteiger charge is -2.19. The van der Waals surface area contributed by atoms with E-state index in [0.29, 0.717) is 6.54 Å². The second kappa shape index (κ2) is 4.37. The maximum atomic E-state index is 11.1. The van der Waals surface area contributed by atoms with Crippen molar-refractivity contribution in [1.82, 2.24) is 9.78 Å². The molecule has 6 heteroatoms. The molecule has 0 radical (unpaired) electrons. The summed E-state index contributed by atoms with van der Waals surface area (Å²) in [6, 6.07) is 0. The Labute approximate surface area is 100 Å². The van der Waals surface area contributed by atoms with Crippen molar-refractivity contribution in [3.63, 3.8) is 0 Å². The van der Waals surface area contributed by atoms with E-state index >= 15 is 0 Å². The van der Waals surface area contributed by atoms with Crippen LogP contribution in [0.25, 0.3) is 0 Å². The number of hydrogen-bond donors (Lipinski definition) is 2. The number of rotatable bonds is 3. The van der Waals surface area contributed by atoms with Crippen molar-refractivity contribution in [1.29, 1.82) is 0 Å². The number of aliphatic hydroxyl groups is 1. The quantitative estimate of drug-likeness (QED) is 0.745. The smallest absolute Gasteiger partial charge is 0.222 e. The molecule has 1 atom stereocenters. The predicted octanol–water partition coefficient (Wildman–Crippen LogP) is -0.468. The number of aryl methyl sites for hydroxylation is 2. The van der Waals surface area contributed by atoms with Gasteiger partial charge in [0, 0.05) is 25.7 Å². The minimum Gasteiger partial charge on any atom is -0.391 e. The molecule has 3 N–H and O–H groups in total. The van der Waals surface area contributed by atoms with Crippen LogP contribution < -0.4 is 10.6 Å². The Bertz CT molecular complexity index is 441. The number of aliphatic hydroxyl groups excluding tert-OH is 1. The fourth-order valence-electron chi connectivity index (χ4n) is 2.46. The number of carbonyl (C=O) groups excluding carboxylic acids is 1. The van der Waals surface area contributed by atoms with Crippen LogP contribution in [0.1, 0.15) is 17.7 Å². The second-order valence-corrected chi connectivity index (χ2v) is 4.50. The van der Waals surface area contributed by atoms with Crippen LogP contribution in [0.2, 0.25) is 0 Å². The minimum absolute atomic E-state index is 0.0350. The number of hydrogen-bond acceptors (Lipinski definition) is 4. The van der Waals surface area contributed by atoms with Crippen LogP contribution in [0, 0.1) is 12.8 Å². The highest BCUT2D eigenvalue weighted by Crippen LogP contribution is 2.28. The van der Waals surface area contributed by atoms with Crippen LogP contribution >= 0.6 is 0 Å². The molecule has 1 unspecified atom stereocenters. The van der Waals surface area contributed by atoms with E-state index in [1.807, 2.05) is 14.0 Å². The number of amides is 1.